The van der Waals surface area contributed by atoms with Crippen LogP contribution in [0.4, 0.5) is 32.3 Å². The molecule has 3 aromatic rings. The molecule has 0 aromatic heterocycles. The molecule has 0 spiro atoms. The molecule has 1 saturated heterocycles. The highest BCUT2D eigenvalue weighted by Gasteiger charge is 2.24. The predicted molar refractivity (Wildman–Crippen MR) is 169 cm³/mol. The van der Waals surface area contributed by atoms with Gasteiger partial charge in [-0.05, 0) is 74.4 Å². The van der Waals surface area contributed by atoms with E-state index in [0.29, 0.717) is 61.5 Å². The molecule has 1 aliphatic rings. The van der Waals surface area contributed by atoms with Gasteiger partial charge in [0.25, 0.3) is 0 Å². The van der Waals surface area contributed by atoms with Crippen LogP contribution in [0.15, 0.2) is 66.7 Å². The lowest BCUT2D eigenvalue weighted by Gasteiger charge is -2.36. The Balaban J connectivity index is 1.24. The van der Waals surface area contributed by atoms with Gasteiger partial charge in [0.15, 0.2) is 0 Å². The second-order valence-electron chi connectivity index (χ2n) is 9.76. The Kier molecular flexibility index (Phi) is 10.9. The minimum absolute atomic E-state index is 0.165. The summed E-state index contributed by atoms with van der Waals surface area (Å²) in [5, 5.41) is 9.10. The van der Waals surface area contributed by atoms with Crippen LogP contribution in [0.2, 0.25) is 5.02 Å². The van der Waals surface area contributed by atoms with Gasteiger partial charge in [0.2, 0.25) is 0 Å². The van der Waals surface area contributed by atoms with E-state index in [-0.39, 0.29) is 18.2 Å². The fourth-order valence-electron chi connectivity index (χ4n) is 4.63. The number of benzene rings is 3. The van der Waals surface area contributed by atoms with Crippen molar-refractivity contribution in [2.24, 2.45) is 0 Å². The van der Waals surface area contributed by atoms with E-state index in [1.807, 2.05) is 43.3 Å². The number of hydrogen-bond donors (Lipinski definition) is 3. The molecule has 42 heavy (non-hydrogen) atoms. The maximum Gasteiger partial charge on any atom is 0.335 e. The van der Waals surface area contributed by atoms with Crippen LogP contribution in [-0.4, -0.2) is 56.4 Å². The third kappa shape index (κ3) is 8.49. The zero-order valence-corrected chi connectivity index (χ0v) is 25.7. The monoisotopic (exact) mass is 613 g/mol. The largest absolute Gasteiger partial charge is 0.368 e. The molecule has 4 rings (SSSR count). The van der Waals surface area contributed by atoms with Crippen molar-refractivity contribution >= 4 is 54.0 Å². The predicted octanol–water partition coefficient (Wildman–Crippen LogP) is 7.41. The van der Waals surface area contributed by atoms with Gasteiger partial charge in [-0.3, -0.25) is 4.57 Å². The molecule has 0 saturated carbocycles. The fourth-order valence-corrected chi connectivity index (χ4v) is 6.60. The van der Waals surface area contributed by atoms with Crippen molar-refractivity contribution in [1.29, 1.82) is 0 Å². The summed E-state index contributed by atoms with van der Waals surface area (Å²) in [6.45, 7) is 8.59. The van der Waals surface area contributed by atoms with Crippen LogP contribution < -0.4 is 20.9 Å². The van der Waals surface area contributed by atoms with Crippen LogP contribution in [0.25, 0.3) is 0 Å². The Bertz CT molecular complexity index is 1380. The maximum absolute atomic E-state index is 12.8. The van der Waals surface area contributed by atoms with Gasteiger partial charge in [0, 0.05) is 43.2 Å². The highest BCUT2D eigenvalue weighted by atomic mass is 35.5. The number of nitrogens with zero attached hydrogens (tertiary/aromatic N) is 2. The van der Waals surface area contributed by atoms with E-state index >= 15 is 0 Å². The third-order valence-corrected chi connectivity index (χ3v) is 9.12. The fraction of sp³-hybridized carbons (Fsp3) is 0.333. The molecule has 12 heteroatoms. The number of aryl methyl sites for hydroxylation is 1. The smallest absolute Gasteiger partial charge is 0.335 e. The molecular weight excluding hydrogens is 577 g/mol. The number of anilines is 4. The van der Waals surface area contributed by atoms with Gasteiger partial charge in [-0.2, -0.15) is 0 Å². The number of nitrogens with one attached hydrogen (secondary N) is 3. The Morgan fingerprint density at radius 3 is 1.95 bits per heavy atom. The number of carbonyl (C=O) groups is 2. The molecule has 0 bridgehead atoms. The lowest BCUT2D eigenvalue weighted by molar-refractivity contribution is 0.208. The minimum atomic E-state index is -3.20. The third-order valence-electron chi connectivity index (χ3n) is 6.75. The molecule has 3 aromatic carbocycles. The standard InChI is InChI=1S/C30H37ClN5O5P/c1-4-40-42(39,41-5-2)21-23-9-11-24(12-10-23)32-29(37)33-25-13-15-26(16-14-25)35-17-19-36(20-18-35)30(38)34-28-22(3)7-6-8-27(28)31/h6-16H,4-5,17-21H2,1-3H3,(H,34,38)(H2,32,33,37). The molecule has 1 fully saturated rings. The normalized spacial score (nSPS) is 13.5. The van der Waals surface area contributed by atoms with Gasteiger partial charge >= 0.3 is 19.7 Å². The SMILES string of the molecule is CCOP(=O)(Cc1ccc(NC(=O)Nc2ccc(N3CCN(C(=O)Nc4c(C)cccc4Cl)CC3)cc2)cc1)OCC. The van der Waals surface area contributed by atoms with Gasteiger partial charge in [0.1, 0.15) is 0 Å². The summed E-state index contributed by atoms with van der Waals surface area (Å²) in [4.78, 5) is 29.3. The number of para-hydroxylation sites is 1. The summed E-state index contributed by atoms with van der Waals surface area (Å²) in [5.74, 6) is 0. The zero-order chi connectivity index (χ0) is 30.1. The second kappa shape index (κ2) is 14.6. The highest BCUT2D eigenvalue weighted by molar-refractivity contribution is 7.53. The highest BCUT2D eigenvalue weighted by Crippen LogP contribution is 2.51. The summed E-state index contributed by atoms with van der Waals surface area (Å²) in [6, 6.07) is 19.6. The topological polar surface area (TPSA) is 112 Å². The molecule has 0 unspecified atom stereocenters. The molecule has 0 radical (unpaired) electrons. The van der Waals surface area contributed by atoms with Gasteiger partial charge in [0.05, 0.1) is 30.1 Å². The minimum Gasteiger partial charge on any atom is -0.368 e. The molecule has 1 aliphatic heterocycles. The molecule has 0 aliphatic carbocycles. The molecule has 10 nitrogen and oxygen atoms in total. The van der Waals surface area contributed by atoms with Crippen molar-refractivity contribution in [3.63, 3.8) is 0 Å². The summed E-state index contributed by atoms with van der Waals surface area (Å²) >= 11 is 6.26. The van der Waals surface area contributed by atoms with Gasteiger partial charge < -0.3 is 34.8 Å². The second-order valence-corrected chi connectivity index (χ2v) is 12.2. The van der Waals surface area contributed by atoms with Crippen LogP contribution in [0.1, 0.15) is 25.0 Å². The van der Waals surface area contributed by atoms with E-state index in [1.165, 1.54) is 0 Å². The molecule has 0 atom stereocenters. The summed E-state index contributed by atoms with van der Waals surface area (Å²) in [7, 11) is -3.20. The lowest BCUT2D eigenvalue weighted by Crippen LogP contribution is -2.50. The Morgan fingerprint density at radius 1 is 0.833 bits per heavy atom. The first-order chi connectivity index (χ1) is 20.2. The number of amides is 4. The Labute approximate surface area is 251 Å². The number of piperazine rings is 1. The summed E-state index contributed by atoms with van der Waals surface area (Å²) in [5.41, 5.74) is 4.60. The molecule has 4 amide bonds. The molecular formula is C30H37ClN5O5P. The molecule has 3 N–H and O–H groups in total. The number of rotatable bonds is 10. The maximum atomic E-state index is 12.8. The van der Waals surface area contributed by atoms with Crippen LogP contribution in [0.3, 0.4) is 0 Å². The summed E-state index contributed by atoms with van der Waals surface area (Å²) < 4.78 is 23.5. The first kappa shape index (κ1) is 31.4. The van der Waals surface area contributed by atoms with E-state index < -0.39 is 7.60 Å². The van der Waals surface area contributed by atoms with Crippen molar-refractivity contribution in [2.75, 3.05) is 60.2 Å². The van der Waals surface area contributed by atoms with Crippen molar-refractivity contribution in [1.82, 2.24) is 4.90 Å². The van der Waals surface area contributed by atoms with E-state index in [9.17, 15) is 14.2 Å². The van der Waals surface area contributed by atoms with E-state index in [2.05, 4.69) is 20.9 Å². The van der Waals surface area contributed by atoms with Gasteiger partial charge in [-0.15, -0.1) is 0 Å². The van der Waals surface area contributed by atoms with Crippen LogP contribution >= 0.6 is 19.2 Å². The molecule has 224 valence electrons. The van der Waals surface area contributed by atoms with Gasteiger partial charge in [-0.25, -0.2) is 9.59 Å². The number of halogens is 1. The Morgan fingerprint density at radius 2 is 1.40 bits per heavy atom. The average molecular weight is 614 g/mol. The zero-order valence-electron chi connectivity index (χ0n) is 24.1. The summed E-state index contributed by atoms with van der Waals surface area (Å²) in [6.07, 6.45) is 0.165. The number of carbonyl (C=O) groups excluding carboxylic acids is 2. The van der Waals surface area contributed by atoms with Crippen molar-refractivity contribution in [2.45, 2.75) is 26.9 Å². The van der Waals surface area contributed by atoms with Crippen molar-refractivity contribution in [3.8, 4) is 0 Å². The lowest BCUT2D eigenvalue weighted by atomic mass is 10.2. The average Bonchev–Trinajstić information content (AvgIpc) is 2.97. The van der Waals surface area contributed by atoms with E-state index in [0.717, 1.165) is 16.8 Å². The van der Waals surface area contributed by atoms with E-state index in [1.54, 1.807) is 49.1 Å². The van der Waals surface area contributed by atoms with Crippen LogP contribution in [0, 0.1) is 6.92 Å². The van der Waals surface area contributed by atoms with Crippen molar-refractivity contribution in [3.05, 3.63) is 82.9 Å². The Hall–Kier alpha value is -3.56. The van der Waals surface area contributed by atoms with Crippen molar-refractivity contribution < 1.29 is 23.2 Å². The van der Waals surface area contributed by atoms with Crippen LogP contribution in [0.5, 0.6) is 0 Å². The molecule has 1 heterocycles. The van der Waals surface area contributed by atoms with Crippen LogP contribution in [-0.2, 0) is 19.8 Å². The van der Waals surface area contributed by atoms with E-state index in [4.69, 9.17) is 20.6 Å². The van der Waals surface area contributed by atoms with Gasteiger partial charge in [-0.1, -0.05) is 35.9 Å². The first-order valence-corrected chi connectivity index (χ1v) is 16.0. The quantitative estimate of drug-likeness (QED) is 0.205. The number of hydrogen-bond acceptors (Lipinski definition) is 6. The first-order valence-electron chi connectivity index (χ1n) is 13.9. The number of urea groups is 2.